The first-order valence-electron chi connectivity index (χ1n) is 4.63. The van der Waals surface area contributed by atoms with E-state index in [4.69, 9.17) is 0 Å². The lowest BCUT2D eigenvalue weighted by Gasteiger charge is -2.11. The molecule has 0 N–H and O–H groups in total. The first kappa shape index (κ1) is 9.30. The van der Waals surface area contributed by atoms with E-state index >= 15 is 0 Å². The topological polar surface area (TPSA) is 17.8 Å². The molecule has 12 heavy (non-hydrogen) atoms. The summed E-state index contributed by atoms with van der Waals surface area (Å²) in [6.45, 7) is 9.86. The van der Waals surface area contributed by atoms with Gasteiger partial charge in [0.25, 0.3) is 0 Å². The Kier molecular flexibility index (Phi) is 2.90. The second-order valence-electron chi connectivity index (χ2n) is 3.99. The predicted octanol–water partition coefficient (Wildman–Crippen LogP) is 2.66. The summed E-state index contributed by atoms with van der Waals surface area (Å²) in [6, 6.07) is 2.10. The number of rotatable bonds is 3. The van der Waals surface area contributed by atoms with Crippen molar-refractivity contribution in [2.45, 2.75) is 40.2 Å². The molecule has 1 aromatic heterocycles. The molecule has 2 heteroatoms. The van der Waals surface area contributed by atoms with Gasteiger partial charge in [-0.1, -0.05) is 27.7 Å². The average molecular weight is 166 g/mol. The molecule has 0 fully saturated rings. The van der Waals surface area contributed by atoms with Gasteiger partial charge in [0.1, 0.15) is 0 Å². The monoisotopic (exact) mass is 166 g/mol. The minimum atomic E-state index is 0.575. The van der Waals surface area contributed by atoms with Crippen LogP contribution < -0.4 is 0 Å². The van der Waals surface area contributed by atoms with Gasteiger partial charge in [-0.05, 0) is 17.9 Å². The minimum absolute atomic E-state index is 0.575. The largest absolute Gasteiger partial charge is 0.269 e. The molecule has 0 saturated heterocycles. The summed E-state index contributed by atoms with van der Waals surface area (Å²) >= 11 is 0. The number of hydrogen-bond donors (Lipinski definition) is 0. The van der Waals surface area contributed by atoms with Crippen molar-refractivity contribution in [3.05, 3.63) is 18.0 Å². The highest BCUT2D eigenvalue weighted by atomic mass is 15.3. The molecule has 0 aliphatic heterocycles. The molecule has 0 atom stereocenters. The van der Waals surface area contributed by atoms with Crippen molar-refractivity contribution in [3.63, 3.8) is 0 Å². The van der Waals surface area contributed by atoms with Crippen LogP contribution in [-0.2, 0) is 6.54 Å². The van der Waals surface area contributed by atoms with E-state index in [0.717, 1.165) is 6.54 Å². The zero-order valence-corrected chi connectivity index (χ0v) is 8.41. The fourth-order valence-electron chi connectivity index (χ4n) is 1.33. The highest BCUT2D eigenvalue weighted by Crippen LogP contribution is 2.14. The summed E-state index contributed by atoms with van der Waals surface area (Å²) in [5.41, 5.74) is 1.34. The Labute approximate surface area is 74.6 Å². The van der Waals surface area contributed by atoms with E-state index in [1.807, 2.05) is 6.20 Å². The lowest BCUT2D eigenvalue weighted by molar-refractivity contribution is 0.462. The van der Waals surface area contributed by atoms with Crippen molar-refractivity contribution in [2.24, 2.45) is 5.92 Å². The molecule has 2 nitrogen and oxygen atoms in total. The summed E-state index contributed by atoms with van der Waals surface area (Å²) < 4.78 is 2.11. The third-order valence-corrected chi connectivity index (χ3v) is 1.88. The second kappa shape index (κ2) is 3.74. The zero-order chi connectivity index (χ0) is 9.14. The van der Waals surface area contributed by atoms with Gasteiger partial charge >= 0.3 is 0 Å². The van der Waals surface area contributed by atoms with Gasteiger partial charge in [-0.25, -0.2) is 0 Å². The van der Waals surface area contributed by atoms with Crippen molar-refractivity contribution in [1.82, 2.24) is 9.78 Å². The van der Waals surface area contributed by atoms with E-state index in [9.17, 15) is 0 Å². The number of nitrogens with zero attached hydrogens (tertiary/aromatic N) is 2. The van der Waals surface area contributed by atoms with Crippen LogP contribution in [0.2, 0.25) is 0 Å². The molecule has 0 bridgehead atoms. The van der Waals surface area contributed by atoms with Crippen LogP contribution in [0.15, 0.2) is 12.3 Å². The maximum Gasteiger partial charge on any atom is 0.0492 e. The number of aromatic nitrogens is 2. The highest BCUT2D eigenvalue weighted by Gasteiger charge is 2.06. The van der Waals surface area contributed by atoms with E-state index in [1.165, 1.54) is 5.69 Å². The number of hydrogen-bond acceptors (Lipinski definition) is 1. The Morgan fingerprint density at radius 2 is 2.00 bits per heavy atom. The molecular formula is C10H18N2. The quantitative estimate of drug-likeness (QED) is 0.675. The first-order chi connectivity index (χ1) is 5.61. The first-order valence-corrected chi connectivity index (χ1v) is 4.63. The van der Waals surface area contributed by atoms with Gasteiger partial charge in [-0.3, -0.25) is 4.68 Å². The maximum absolute atomic E-state index is 4.29. The fourth-order valence-corrected chi connectivity index (χ4v) is 1.33. The van der Waals surface area contributed by atoms with Crippen molar-refractivity contribution in [1.29, 1.82) is 0 Å². The summed E-state index contributed by atoms with van der Waals surface area (Å²) in [7, 11) is 0. The van der Waals surface area contributed by atoms with Crippen LogP contribution in [0.1, 0.15) is 39.3 Å². The van der Waals surface area contributed by atoms with E-state index in [-0.39, 0.29) is 0 Å². The Morgan fingerprint density at radius 1 is 1.33 bits per heavy atom. The second-order valence-corrected chi connectivity index (χ2v) is 3.99. The summed E-state index contributed by atoms with van der Waals surface area (Å²) in [5.74, 6) is 1.24. The van der Waals surface area contributed by atoms with Crippen molar-refractivity contribution in [2.75, 3.05) is 0 Å². The van der Waals surface area contributed by atoms with Crippen molar-refractivity contribution < 1.29 is 0 Å². The van der Waals surface area contributed by atoms with Crippen LogP contribution >= 0.6 is 0 Å². The Balaban J connectivity index is 2.77. The molecule has 1 heterocycles. The van der Waals surface area contributed by atoms with E-state index in [1.54, 1.807) is 0 Å². The molecule has 68 valence electrons. The molecular weight excluding hydrogens is 148 g/mol. The molecule has 0 radical (unpaired) electrons. The SMILES string of the molecule is CC(C)Cn1nccc1C(C)C. The van der Waals surface area contributed by atoms with Gasteiger partial charge in [0.05, 0.1) is 0 Å². The Hall–Kier alpha value is -0.790. The fraction of sp³-hybridized carbons (Fsp3) is 0.700. The Bertz CT molecular complexity index is 236. The van der Waals surface area contributed by atoms with Crippen LogP contribution in [0.5, 0.6) is 0 Å². The van der Waals surface area contributed by atoms with Gasteiger partial charge in [0.2, 0.25) is 0 Å². The third kappa shape index (κ3) is 2.10. The minimum Gasteiger partial charge on any atom is -0.269 e. The third-order valence-electron chi connectivity index (χ3n) is 1.88. The molecule has 0 aliphatic carbocycles. The molecule has 1 rings (SSSR count). The maximum atomic E-state index is 4.29. The Morgan fingerprint density at radius 3 is 2.50 bits per heavy atom. The summed E-state index contributed by atoms with van der Waals surface area (Å²) in [6.07, 6.45) is 1.89. The van der Waals surface area contributed by atoms with E-state index in [2.05, 4.69) is 43.5 Å². The zero-order valence-electron chi connectivity index (χ0n) is 8.41. The van der Waals surface area contributed by atoms with E-state index < -0.39 is 0 Å². The highest BCUT2D eigenvalue weighted by molar-refractivity contribution is 5.05. The van der Waals surface area contributed by atoms with E-state index in [0.29, 0.717) is 11.8 Å². The lowest BCUT2D eigenvalue weighted by Crippen LogP contribution is -2.10. The molecule has 0 saturated carbocycles. The van der Waals surface area contributed by atoms with Gasteiger partial charge in [0, 0.05) is 18.4 Å². The normalized spacial score (nSPS) is 11.5. The summed E-state index contributed by atoms with van der Waals surface area (Å²) in [5, 5.41) is 4.29. The van der Waals surface area contributed by atoms with Crippen LogP contribution in [0, 0.1) is 5.92 Å². The molecule has 0 amide bonds. The molecule has 0 aliphatic rings. The van der Waals surface area contributed by atoms with Gasteiger partial charge in [-0.15, -0.1) is 0 Å². The van der Waals surface area contributed by atoms with Crippen LogP contribution in [0.3, 0.4) is 0 Å². The molecule has 0 aromatic carbocycles. The lowest BCUT2D eigenvalue weighted by atomic mass is 10.1. The van der Waals surface area contributed by atoms with Crippen LogP contribution in [0.25, 0.3) is 0 Å². The van der Waals surface area contributed by atoms with Gasteiger partial charge < -0.3 is 0 Å². The van der Waals surface area contributed by atoms with Crippen molar-refractivity contribution >= 4 is 0 Å². The standard InChI is InChI=1S/C10H18N2/c1-8(2)7-12-10(9(3)4)5-6-11-12/h5-6,8-9H,7H2,1-4H3. The molecule has 0 unspecified atom stereocenters. The van der Waals surface area contributed by atoms with Gasteiger partial charge in [0.15, 0.2) is 0 Å². The molecule has 1 aromatic rings. The van der Waals surface area contributed by atoms with Crippen molar-refractivity contribution in [3.8, 4) is 0 Å². The summed E-state index contributed by atoms with van der Waals surface area (Å²) in [4.78, 5) is 0. The predicted molar refractivity (Wildman–Crippen MR) is 51.2 cm³/mol. The van der Waals surface area contributed by atoms with Gasteiger partial charge in [-0.2, -0.15) is 5.10 Å². The van der Waals surface area contributed by atoms with Crippen LogP contribution in [0.4, 0.5) is 0 Å². The molecule has 0 spiro atoms. The smallest absolute Gasteiger partial charge is 0.0492 e. The van der Waals surface area contributed by atoms with Crippen LogP contribution in [-0.4, -0.2) is 9.78 Å². The average Bonchev–Trinajstić information content (AvgIpc) is 2.33.